The molecule has 0 aliphatic heterocycles. The number of aromatic nitrogens is 1. The molecule has 2 aromatic carbocycles. The summed E-state index contributed by atoms with van der Waals surface area (Å²) in [5, 5.41) is 3.24. The third-order valence-corrected chi connectivity index (χ3v) is 5.90. The van der Waals surface area contributed by atoms with Gasteiger partial charge in [0.25, 0.3) is 5.91 Å². The smallest absolute Gasteiger partial charge is 0.257 e. The minimum Gasteiger partial charge on any atom is -0.298 e. The van der Waals surface area contributed by atoms with E-state index in [1.807, 2.05) is 26.0 Å². The molecular weight excluding hydrogens is 344 g/mol. The lowest BCUT2D eigenvalue weighted by Crippen LogP contribution is -2.13. The van der Waals surface area contributed by atoms with Crippen molar-refractivity contribution in [3.8, 4) is 0 Å². The predicted molar refractivity (Wildman–Crippen MR) is 96.6 cm³/mol. The van der Waals surface area contributed by atoms with Crippen molar-refractivity contribution in [1.82, 2.24) is 4.98 Å². The van der Waals surface area contributed by atoms with Crippen molar-refractivity contribution in [1.29, 1.82) is 0 Å². The highest BCUT2D eigenvalue weighted by molar-refractivity contribution is 7.90. The molecule has 24 heavy (non-hydrogen) atoms. The van der Waals surface area contributed by atoms with Crippen LogP contribution in [0.2, 0.25) is 0 Å². The van der Waals surface area contributed by atoms with Gasteiger partial charge in [-0.15, -0.1) is 0 Å². The predicted octanol–water partition coefficient (Wildman–Crippen LogP) is 3.57. The summed E-state index contributed by atoms with van der Waals surface area (Å²) in [6, 6.07) is 10.3. The molecule has 3 rings (SSSR count). The Morgan fingerprint density at radius 1 is 1.17 bits per heavy atom. The zero-order valence-electron chi connectivity index (χ0n) is 13.5. The topological polar surface area (TPSA) is 76.1 Å². The Bertz CT molecular complexity index is 1050. The molecule has 1 heterocycles. The number of hydrogen-bond donors (Lipinski definition) is 1. The maximum Gasteiger partial charge on any atom is 0.257 e. The van der Waals surface area contributed by atoms with E-state index < -0.39 is 9.84 Å². The second-order valence-corrected chi connectivity index (χ2v) is 8.67. The van der Waals surface area contributed by atoms with Gasteiger partial charge in [-0.3, -0.25) is 10.1 Å². The molecule has 1 aromatic heterocycles. The number of sulfone groups is 1. The van der Waals surface area contributed by atoms with Crippen molar-refractivity contribution >= 4 is 42.4 Å². The number of nitrogens with zero attached hydrogens (tertiary/aromatic N) is 1. The van der Waals surface area contributed by atoms with Crippen molar-refractivity contribution in [2.75, 3.05) is 11.6 Å². The molecule has 0 radical (unpaired) electrons. The van der Waals surface area contributed by atoms with Crippen LogP contribution in [0.4, 0.5) is 5.13 Å². The number of aryl methyl sites for hydroxylation is 1. The van der Waals surface area contributed by atoms with Crippen LogP contribution in [-0.2, 0) is 9.84 Å². The number of carbonyl (C=O) groups excluding carboxylic acids is 1. The number of amides is 1. The lowest BCUT2D eigenvalue weighted by Gasteiger charge is -2.07. The van der Waals surface area contributed by atoms with E-state index >= 15 is 0 Å². The maximum atomic E-state index is 12.4. The number of rotatable bonds is 3. The molecule has 1 amide bonds. The largest absolute Gasteiger partial charge is 0.298 e. The first-order valence-corrected chi connectivity index (χ1v) is 9.95. The van der Waals surface area contributed by atoms with Gasteiger partial charge in [0.2, 0.25) is 0 Å². The highest BCUT2D eigenvalue weighted by Crippen LogP contribution is 2.28. The number of thiazole rings is 1. The molecule has 5 nitrogen and oxygen atoms in total. The number of fused-ring (bicyclic) bond motifs is 1. The summed E-state index contributed by atoms with van der Waals surface area (Å²) in [5.74, 6) is -0.224. The molecule has 0 aliphatic carbocycles. The van der Waals surface area contributed by atoms with E-state index in [0.717, 1.165) is 11.1 Å². The van der Waals surface area contributed by atoms with E-state index in [9.17, 15) is 13.2 Å². The highest BCUT2D eigenvalue weighted by Gasteiger charge is 2.14. The third kappa shape index (κ3) is 3.18. The van der Waals surface area contributed by atoms with Crippen molar-refractivity contribution in [2.45, 2.75) is 18.7 Å². The molecule has 0 unspecified atom stereocenters. The van der Waals surface area contributed by atoms with Crippen molar-refractivity contribution < 1.29 is 13.2 Å². The molecule has 0 saturated heterocycles. The van der Waals surface area contributed by atoms with E-state index in [2.05, 4.69) is 10.3 Å². The normalized spacial score (nSPS) is 11.6. The van der Waals surface area contributed by atoms with E-state index in [0.29, 0.717) is 20.9 Å². The molecule has 124 valence electrons. The van der Waals surface area contributed by atoms with Gasteiger partial charge in [0, 0.05) is 11.8 Å². The Kier molecular flexibility index (Phi) is 4.15. The average Bonchev–Trinajstić information content (AvgIpc) is 2.90. The summed E-state index contributed by atoms with van der Waals surface area (Å²) >= 11 is 1.25. The van der Waals surface area contributed by atoms with Gasteiger partial charge in [-0.2, -0.15) is 0 Å². The SMILES string of the molecule is Cc1cccc(C(=O)Nc2nc3ccc(S(C)(=O)=O)cc3s2)c1C. The molecular formula is C17H16N2O3S2. The lowest BCUT2D eigenvalue weighted by atomic mass is 10.0. The van der Waals surface area contributed by atoms with Crippen LogP contribution < -0.4 is 5.32 Å². The van der Waals surface area contributed by atoms with Gasteiger partial charge in [-0.1, -0.05) is 23.5 Å². The molecule has 0 aliphatic rings. The van der Waals surface area contributed by atoms with Crippen LogP contribution in [0.5, 0.6) is 0 Å². The zero-order valence-corrected chi connectivity index (χ0v) is 15.1. The summed E-state index contributed by atoms with van der Waals surface area (Å²) in [7, 11) is -3.27. The Labute approximate surface area is 144 Å². The molecule has 0 saturated carbocycles. The van der Waals surface area contributed by atoms with E-state index in [4.69, 9.17) is 0 Å². The van der Waals surface area contributed by atoms with Crippen LogP contribution >= 0.6 is 11.3 Å². The molecule has 3 aromatic rings. The molecule has 0 fully saturated rings. The minimum atomic E-state index is -3.27. The summed E-state index contributed by atoms with van der Waals surface area (Å²) < 4.78 is 24.0. The summed E-state index contributed by atoms with van der Waals surface area (Å²) in [5.41, 5.74) is 3.23. The first-order valence-electron chi connectivity index (χ1n) is 7.24. The second-order valence-electron chi connectivity index (χ2n) is 5.62. The molecule has 0 bridgehead atoms. The minimum absolute atomic E-state index is 0.224. The standard InChI is InChI=1S/C17H16N2O3S2/c1-10-5-4-6-13(11(10)2)16(20)19-17-18-14-8-7-12(24(3,21)22)9-15(14)23-17/h4-9H,1-3H3,(H,18,19,20). The second kappa shape index (κ2) is 5.99. The molecule has 1 N–H and O–H groups in total. The quantitative estimate of drug-likeness (QED) is 0.775. The molecule has 7 heteroatoms. The third-order valence-electron chi connectivity index (χ3n) is 3.86. The van der Waals surface area contributed by atoms with Crippen LogP contribution in [0.3, 0.4) is 0 Å². The molecule has 0 atom stereocenters. The number of anilines is 1. The average molecular weight is 360 g/mol. The summed E-state index contributed by atoms with van der Waals surface area (Å²) in [6.07, 6.45) is 1.17. The van der Waals surface area contributed by atoms with Gasteiger partial charge in [0.15, 0.2) is 15.0 Å². The monoisotopic (exact) mass is 360 g/mol. The van der Waals surface area contributed by atoms with Crippen molar-refractivity contribution in [3.05, 3.63) is 53.1 Å². The first kappa shape index (κ1) is 16.6. The van der Waals surface area contributed by atoms with Gasteiger partial charge in [0.05, 0.1) is 15.1 Å². The summed E-state index contributed by atoms with van der Waals surface area (Å²) in [6.45, 7) is 3.86. The van der Waals surface area contributed by atoms with Crippen molar-refractivity contribution in [3.63, 3.8) is 0 Å². The van der Waals surface area contributed by atoms with Crippen LogP contribution in [0.25, 0.3) is 10.2 Å². The lowest BCUT2D eigenvalue weighted by molar-refractivity contribution is 0.102. The zero-order chi connectivity index (χ0) is 17.5. The van der Waals surface area contributed by atoms with Crippen LogP contribution in [0, 0.1) is 13.8 Å². The fraction of sp³-hybridized carbons (Fsp3) is 0.176. The Hall–Kier alpha value is -2.25. The van der Waals surface area contributed by atoms with Gasteiger partial charge in [-0.05, 0) is 49.2 Å². The van der Waals surface area contributed by atoms with Gasteiger partial charge in [-0.25, -0.2) is 13.4 Å². The highest BCUT2D eigenvalue weighted by atomic mass is 32.2. The van der Waals surface area contributed by atoms with E-state index in [1.54, 1.807) is 18.2 Å². The molecule has 0 spiro atoms. The fourth-order valence-corrected chi connectivity index (χ4v) is 3.97. The Morgan fingerprint density at radius 2 is 1.92 bits per heavy atom. The number of benzene rings is 2. The Morgan fingerprint density at radius 3 is 2.62 bits per heavy atom. The number of carbonyl (C=O) groups is 1. The number of nitrogens with one attached hydrogen (secondary N) is 1. The van der Waals surface area contributed by atoms with Crippen molar-refractivity contribution in [2.24, 2.45) is 0 Å². The van der Waals surface area contributed by atoms with Crippen LogP contribution in [-0.4, -0.2) is 25.6 Å². The van der Waals surface area contributed by atoms with Gasteiger partial charge >= 0.3 is 0 Å². The Balaban J connectivity index is 1.93. The fourth-order valence-electron chi connectivity index (χ4n) is 2.35. The van der Waals surface area contributed by atoms with Gasteiger partial charge in [0.1, 0.15) is 0 Å². The van der Waals surface area contributed by atoms with Crippen LogP contribution in [0.15, 0.2) is 41.3 Å². The van der Waals surface area contributed by atoms with E-state index in [1.165, 1.54) is 23.7 Å². The van der Waals surface area contributed by atoms with Gasteiger partial charge < -0.3 is 0 Å². The van der Waals surface area contributed by atoms with E-state index in [-0.39, 0.29) is 10.8 Å². The van der Waals surface area contributed by atoms with Crippen LogP contribution in [0.1, 0.15) is 21.5 Å². The maximum absolute atomic E-state index is 12.4. The summed E-state index contributed by atoms with van der Waals surface area (Å²) in [4.78, 5) is 17.0. The number of hydrogen-bond acceptors (Lipinski definition) is 5. The first-order chi connectivity index (χ1) is 11.3.